The fraction of sp³-hybridized carbons (Fsp3) is 0.938. The van der Waals surface area contributed by atoms with Gasteiger partial charge in [0.05, 0.1) is 0 Å². The smallest absolute Gasteiger partial charge is 0.135 e. The first-order chi connectivity index (χ1) is 8.66. The average Bonchev–Trinajstić information content (AvgIpc) is 2.40. The largest absolute Gasteiger partial charge is 0.316 e. The third-order valence-electron chi connectivity index (χ3n) is 5.25. The summed E-state index contributed by atoms with van der Waals surface area (Å²) in [6.45, 7) is 6.95. The molecule has 1 aliphatic carbocycles. The molecule has 2 aliphatic rings. The van der Waals surface area contributed by atoms with Crippen LogP contribution in [0.4, 0.5) is 0 Å². The van der Waals surface area contributed by atoms with E-state index in [0.29, 0.717) is 11.7 Å². The minimum absolute atomic E-state index is 0.382. The van der Waals surface area contributed by atoms with Crippen molar-refractivity contribution in [2.75, 3.05) is 13.1 Å². The van der Waals surface area contributed by atoms with Crippen LogP contribution in [-0.2, 0) is 4.79 Å². The highest BCUT2D eigenvalue weighted by Gasteiger charge is 2.29. The van der Waals surface area contributed by atoms with Crippen LogP contribution in [-0.4, -0.2) is 18.9 Å². The van der Waals surface area contributed by atoms with Gasteiger partial charge in [0, 0.05) is 12.3 Å². The van der Waals surface area contributed by atoms with Crippen LogP contribution in [0.2, 0.25) is 0 Å². The molecule has 2 heteroatoms. The van der Waals surface area contributed by atoms with Gasteiger partial charge >= 0.3 is 0 Å². The fourth-order valence-corrected chi connectivity index (χ4v) is 3.56. The maximum absolute atomic E-state index is 12.3. The molecular formula is C16H29NO. The summed E-state index contributed by atoms with van der Waals surface area (Å²) in [5.41, 5.74) is 0. The highest BCUT2D eigenvalue weighted by molar-refractivity contribution is 5.81. The molecule has 0 amide bonds. The lowest BCUT2D eigenvalue weighted by molar-refractivity contribution is -0.125. The van der Waals surface area contributed by atoms with Gasteiger partial charge in [-0.25, -0.2) is 0 Å². The van der Waals surface area contributed by atoms with E-state index in [1.807, 2.05) is 0 Å². The molecule has 4 atom stereocenters. The van der Waals surface area contributed by atoms with Crippen molar-refractivity contribution in [1.29, 1.82) is 0 Å². The first-order valence-electron chi connectivity index (χ1n) is 7.90. The van der Waals surface area contributed by atoms with Gasteiger partial charge in [-0.2, -0.15) is 0 Å². The summed E-state index contributed by atoms with van der Waals surface area (Å²) in [4.78, 5) is 12.3. The predicted octanol–water partition coefficient (Wildman–Crippen LogP) is 3.41. The van der Waals surface area contributed by atoms with E-state index in [9.17, 15) is 4.79 Å². The minimum Gasteiger partial charge on any atom is -0.316 e. The van der Waals surface area contributed by atoms with E-state index in [1.165, 1.54) is 25.8 Å². The van der Waals surface area contributed by atoms with Gasteiger partial charge < -0.3 is 5.32 Å². The quantitative estimate of drug-likeness (QED) is 0.829. The zero-order valence-electron chi connectivity index (χ0n) is 12.1. The van der Waals surface area contributed by atoms with Gasteiger partial charge in [-0.05, 0) is 69.4 Å². The third kappa shape index (κ3) is 3.81. The van der Waals surface area contributed by atoms with E-state index in [4.69, 9.17) is 0 Å². The van der Waals surface area contributed by atoms with Gasteiger partial charge in [0.25, 0.3) is 0 Å². The van der Waals surface area contributed by atoms with Gasteiger partial charge in [-0.15, -0.1) is 0 Å². The molecule has 2 nitrogen and oxygen atoms in total. The van der Waals surface area contributed by atoms with Crippen molar-refractivity contribution in [1.82, 2.24) is 5.32 Å². The van der Waals surface area contributed by atoms with Gasteiger partial charge in [0.1, 0.15) is 5.78 Å². The van der Waals surface area contributed by atoms with Crippen LogP contribution in [0.3, 0.4) is 0 Å². The van der Waals surface area contributed by atoms with E-state index in [1.54, 1.807) is 0 Å². The highest BCUT2D eigenvalue weighted by Crippen LogP contribution is 2.34. The number of carbonyl (C=O) groups is 1. The molecule has 4 unspecified atom stereocenters. The van der Waals surface area contributed by atoms with Crippen molar-refractivity contribution in [3.05, 3.63) is 0 Å². The van der Waals surface area contributed by atoms with Crippen LogP contribution in [0.15, 0.2) is 0 Å². The van der Waals surface area contributed by atoms with Crippen molar-refractivity contribution in [3.63, 3.8) is 0 Å². The standard InChI is InChI=1S/C16H29NO/c1-12-5-7-15(10-13(12)2)16(18)8-6-14-4-3-9-17-11-14/h12-15,17H,3-11H2,1-2H3. The van der Waals surface area contributed by atoms with E-state index >= 15 is 0 Å². The molecule has 1 aliphatic heterocycles. The highest BCUT2D eigenvalue weighted by atomic mass is 16.1. The lowest BCUT2D eigenvalue weighted by atomic mass is 9.73. The Morgan fingerprint density at radius 3 is 2.67 bits per heavy atom. The van der Waals surface area contributed by atoms with Crippen LogP contribution in [0, 0.1) is 23.7 Å². The number of hydrogen-bond donors (Lipinski definition) is 1. The van der Waals surface area contributed by atoms with Crippen molar-refractivity contribution in [2.45, 2.75) is 58.8 Å². The molecule has 2 fully saturated rings. The monoisotopic (exact) mass is 251 g/mol. The zero-order chi connectivity index (χ0) is 13.0. The Hall–Kier alpha value is -0.370. The number of Topliss-reactive ketones (excluding diaryl/α,β-unsaturated/α-hetero) is 1. The Morgan fingerprint density at radius 2 is 2.00 bits per heavy atom. The zero-order valence-corrected chi connectivity index (χ0v) is 12.1. The number of piperidine rings is 1. The van der Waals surface area contributed by atoms with Crippen molar-refractivity contribution < 1.29 is 4.79 Å². The Bertz CT molecular complexity index is 270. The molecule has 0 aromatic rings. The van der Waals surface area contributed by atoms with Crippen molar-refractivity contribution >= 4 is 5.78 Å². The first-order valence-corrected chi connectivity index (χ1v) is 7.90. The Labute approximate surface area is 112 Å². The summed E-state index contributed by atoms with van der Waals surface area (Å²) in [6, 6.07) is 0. The van der Waals surface area contributed by atoms with Crippen LogP contribution >= 0.6 is 0 Å². The Kier molecular flexibility index (Phi) is 5.23. The third-order valence-corrected chi connectivity index (χ3v) is 5.25. The topological polar surface area (TPSA) is 29.1 Å². The lowest BCUT2D eigenvalue weighted by Crippen LogP contribution is -2.31. The van der Waals surface area contributed by atoms with E-state index in [0.717, 1.165) is 50.0 Å². The number of hydrogen-bond acceptors (Lipinski definition) is 2. The SMILES string of the molecule is CC1CCC(C(=O)CCC2CCCNC2)CC1C. The number of rotatable bonds is 4. The summed E-state index contributed by atoms with van der Waals surface area (Å²) in [5.74, 6) is 3.25. The van der Waals surface area contributed by atoms with Gasteiger partial charge in [-0.1, -0.05) is 13.8 Å². The summed E-state index contributed by atoms with van der Waals surface area (Å²) in [7, 11) is 0. The number of nitrogens with one attached hydrogen (secondary N) is 1. The van der Waals surface area contributed by atoms with Gasteiger partial charge in [0.2, 0.25) is 0 Å². The molecule has 104 valence electrons. The maximum atomic E-state index is 12.3. The number of carbonyl (C=O) groups excluding carboxylic acids is 1. The van der Waals surface area contributed by atoms with Crippen LogP contribution in [0.25, 0.3) is 0 Å². The molecule has 1 heterocycles. The first kappa shape index (κ1) is 14.0. The van der Waals surface area contributed by atoms with Crippen molar-refractivity contribution in [3.8, 4) is 0 Å². The molecule has 0 radical (unpaired) electrons. The van der Waals surface area contributed by atoms with E-state index in [2.05, 4.69) is 19.2 Å². The minimum atomic E-state index is 0.382. The van der Waals surface area contributed by atoms with Crippen LogP contribution in [0.1, 0.15) is 58.8 Å². The summed E-state index contributed by atoms with van der Waals surface area (Å²) in [5, 5.41) is 3.44. The van der Waals surface area contributed by atoms with E-state index in [-0.39, 0.29) is 0 Å². The van der Waals surface area contributed by atoms with Gasteiger partial charge in [0.15, 0.2) is 0 Å². The second-order valence-corrected chi connectivity index (χ2v) is 6.68. The molecule has 1 saturated carbocycles. The second kappa shape index (κ2) is 6.70. The molecule has 1 N–H and O–H groups in total. The fourth-order valence-electron chi connectivity index (χ4n) is 3.56. The average molecular weight is 251 g/mol. The molecular weight excluding hydrogens is 222 g/mol. The normalized spacial score (nSPS) is 37.4. The molecule has 0 aromatic heterocycles. The predicted molar refractivity (Wildman–Crippen MR) is 75.5 cm³/mol. The van der Waals surface area contributed by atoms with E-state index < -0.39 is 0 Å². The molecule has 1 saturated heterocycles. The van der Waals surface area contributed by atoms with Crippen LogP contribution < -0.4 is 5.32 Å². The molecule has 18 heavy (non-hydrogen) atoms. The molecule has 2 rings (SSSR count). The second-order valence-electron chi connectivity index (χ2n) is 6.68. The molecule has 0 aromatic carbocycles. The lowest BCUT2D eigenvalue weighted by Gasteiger charge is -2.31. The van der Waals surface area contributed by atoms with Crippen LogP contribution in [0.5, 0.6) is 0 Å². The summed E-state index contributed by atoms with van der Waals surface area (Å²) >= 11 is 0. The van der Waals surface area contributed by atoms with Crippen molar-refractivity contribution in [2.24, 2.45) is 23.7 Å². The summed E-state index contributed by atoms with van der Waals surface area (Å²) < 4.78 is 0. The number of ketones is 1. The molecule has 0 spiro atoms. The Balaban J connectivity index is 1.70. The molecule has 0 bridgehead atoms. The summed E-state index contributed by atoms with van der Waals surface area (Å²) in [6.07, 6.45) is 8.10. The maximum Gasteiger partial charge on any atom is 0.135 e. The Morgan fingerprint density at radius 1 is 1.17 bits per heavy atom. The van der Waals surface area contributed by atoms with Gasteiger partial charge in [-0.3, -0.25) is 4.79 Å².